The van der Waals surface area contributed by atoms with Crippen LogP contribution in [-0.2, 0) is 28.7 Å². The SMILES string of the molecule is C=CCCC(=O)NC[C@@H](C)OC(=O)[C@@H]1[C@H]2O[C@@]3(CC2Br)[C@H](C(=O)N(CC=C)c2ccc(Cl)cc2)N(CCCCCO)C(=O)[C@@H]13. The van der Waals surface area contributed by atoms with E-state index in [0.717, 1.165) is 0 Å². The van der Waals surface area contributed by atoms with E-state index < -0.39 is 41.7 Å². The van der Waals surface area contributed by atoms with E-state index in [9.17, 15) is 24.3 Å². The molecule has 10 nitrogen and oxygen atoms in total. The van der Waals surface area contributed by atoms with Gasteiger partial charge in [0, 0.05) is 41.7 Å². The van der Waals surface area contributed by atoms with Crippen LogP contribution in [0.15, 0.2) is 49.6 Å². The van der Waals surface area contributed by atoms with E-state index in [2.05, 4.69) is 34.4 Å². The van der Waals surface area contributed by atoms with Gasteiger partial charge >= 0.3 is 5.97 Å². The number of hydrogen-bond donors (Lipinski definition) is 2. The first-order valence-electron chi connectivity index (χ1n) is 15.1. The predicted octanol–water partition coefficient (Wildman–Crippen LogP) is 3.78. The third-order valence-corrected chi connectivity index (χ3v) is 9.64. The van der Waals surface area contributed by atoms with Gasteiger partial charge in [-0.3, -0.25) is 19.2 Å². The van der Waals surface area contributed by atoms with E-state index in [1.807, 2.05) is 0 Å². The number of anilines is 1. The number of carbonyl (C=O) groups excluding carboxylic acids is 4. The first-order chi connectivity index (χ1) is 21.1. The smallest absolute Gasteiger partial charge is 0.312 e. The first-order valence-corrected chi connectivity index (χ1v) is 16.4. The van der Waals surface area contributed by atoms with Crippen LogP contribution >= 0.6 is 27.5 Å². The second-order valence-corrected chi connectivity index (χ2v) is 13.2. The van der Waals surface area contributed by atoms with Gasteiger partial charge in [-0.1, -0.05) is 39.7 Å². The highest BCUT2D eigenvalue weighted by atomic mass is 79.9. The van der Waals surface area contributed by atoms with Gasteiger partial charge in [-0.15, -0.1) is 13.2 Å². The van der Waals surface area contributed by atoms with Crippen molar-refractivity contribution in [3.8, 4) is 0 Å². The molecule has 3 fully saturated rings. The summed E-state index contributed by atoms with van der Waals surface area (Å²) in [6.45, 7) is 9.73. The van der Waals surface area contributed by atoms with Crippen molar-refractivity contribution in [2.24, 2.45) is 11.8 Å². The summed E-state index contributed by atoms with van der Waals surface area (Å²) in [6.07, 6.45) is 4.95. The minimum atomic E-state index is -1.25. The van der Waals surface area contributed by atoms with Gasteiger partial charge in [-0.05, 0) is 63.3 Å². The number of carbonyl (C=O) groups is 4. The molecule has 4 rings (SSSR count). The molecule has 0 saturated carbocycles. The third-order valence-electron chi connectivity index (χ3n) is 8.55. The molecular formula is C32H41BrClN3O7. The van der Waals surface area contributed by atoms with E-state index in [0.29, 0.717) is 42.8 Å². The summed E-state index contributed by atoms with van der Waals surface area (Å²) in [5.74, 6) is -3.27. The number of nitrogens with zero attached hydrogens (tertiary/aromatic N) is 2. The quantitative estimate of drug-likeness (QED) is 0.117. The minimum Gasteiger partial charge on any atom is -0.460 e. The molecule has 0 radical (unpaired) electrons. The van der Waals surface area contributed by atoms with Gasteiger partial charge in [0.05, 0.1) is 24.5 Å². The molecule has 0 aromatic heterocycles. The summed E-state index contributed by atoms with van der Waals surface area (Å²) in [5.41, 5.74) is -0.656. The number of hydrogen-bond acceptors (Lipinski definition) is 7. The van der Waals surface area contributed by atoms with E-state index in [1.54, 1.807) is 53.1 Å². The summed E-state index contributed by atoms with van der Waals surface area (Å²) in [4.78, 5) is 57.3. The van der Waals surface area contributed by atoms with Crippen molar-refractivity contribution in [1.82, 2.24) is 10.2 Å². The molecule has 12 heteroatoms. The van der Waals surface area contributed by atoms with Crippen LogP contribution < -0.4 is 10.2 Å². The largest absolute Gasteiger partial charge is 0.460 e. The number of alkyl halides is 1. The molecule has 3 saturated heterocycles. The molecule has 0 aliphatic carbocycles. The lowest BCUT2D eigenvalue weighted by Gasteiger charge is -2.37. The fourth-order valence-electron chi connectivity index (χ4n) is 6.61. The van der Waals surface area contributed by atoms with Gasteiger partial charge in [0.15, 0.2) is 0 Å². The molecule has 1 unspecified atom stereocenters. The molecule has 1 aromatic rings. The Labute approximate surface area is 271 Å². The van der Waals surface area contributed by atoms with Gasteiger partial charge in [-0.2, -0.15) is 0 Å². The van der Waals surface area contributed by atoms with Crippen LogP contribution in [-0.4, -0.2) is 88.6 Å². The number of rotatable bonds is 16. The number of unbranched alkanes of at least 4 members (excludes halogenated alkanes) is 2. The second-order valence-electron chi connectivity index (χ2n) is 11.6. The highest BCUT2D eigenvalue weighted by Crippen LogP contribution is 2.60. The van der Waals surface area contributed by atoms with Crippen LogP contribution in [0.2, 0.25) is 5.02 Å². The van der Waals surface area contributed by atoms with Crippen LogP contribution in [0.1, 0.15) is 45.4 Å². The summed E-state index contributed by atoms with van der Waals surface area (Å²) < 4.78 is 12.3. The normalized spacial score (nSPS) is 27.5. The van der Waals surface area contributed by atoms with Crippen LogP contribution in [0.5, 0.6) is 0 Å². The number of ether oxygens (including phenoxy) is 2. The van der Waals surface area contributed by atoms with Gasteiger partial charge in [-0.25, -0.2) is 0 Å². The standard InChI is InChI=1S/C32H41BrClN3O7/c1-4-6-10-24(39)35-19-20(3)43-31(42)25-26-29(40)37(16-8-7-9-17-38)28(32(26)18-23(33)27(25)44-32)30(41)36(15-5-2)22-13-11-21(34)12-14-22/h4-5,11-14,20,23,25-28,38H,1-2,6-10,15-19H2,3H3,(H,35,39)/t20-,23?,25+,26-,27+,28+,32-/m1/s1. The summed E-state index contributed by atoms with van der Waals surface area (Å²) in [7, 11) is 0. The van der Waals surface area contributed by atoms with E-state index in [-0.39, 0.29) is 55.2 Å². The predicted molar refractivity (Wildman–Crippen MR) is 170 cm³/mol. The van der Waals surface area contributed by atoms with Crippen molar-refractivity contribution in [2.45, 2.75) is 74.1 Å². The molecule has 2 bridgehead atoms. The number of esters is 1. The number of allylic oxidation sites excluding steroid dienone is 1. The van der Waals surface area contributed by atoms with Crippen molar-refractivity contribution in [2.75, 3.05) is 31.1 Å². The zero-order chi connectivity index (χ0) is 32.0. The molecule has 3 aliphatic rings. The molecule has 44 heavy (non-hydrogen) atoms. The number of amides is 3. The van der Waals surface area contributed by atoms with Crippen LogP contribution in [0.3, 0.4) is 0 Å². The molecule has 3 aliphatic heterocycles. The number of halogens is 2. The number of likely N-dealkylation sites (tertiary alicyclic amines) is 1. The monoisotopic (exact) mass is 693 g/mol. The molecule has 1 aromatic carbocycles. The third kappa shape index (κ3) is 6.90. The van der Waals surface area contributed by atoms with E-state index in [1.165, 1.54) is 0 Å². The topological polar surface area (TPSA) is 125 Å². The lowest BCUT2D eigenvalue weighted by molar-refractivity contribution is -0.159. The Kier molecular flexibility index (Phi) is 11.7. The highest BCUT2D eigenvalue weighted by molar-refractivity contribution is 9.09. The van der Waals surface area contributed by atoms with Crippen LogP contribution in [0, 0.1) is 11.8 Å². The average Bonchev–Trinajstić information content (AvgIpc) is 3.59. The number of benzene rings is 1. The lowest BCUT2D eigenvalue weighted by Crippen LogP contribution is -2.57. The molecule has 3 amide bonds. The maximum Gasteiger partial charge on any atom is 0.312 e. The average molecular weight is 695 g/mol. The Morgan fingerprint density at radius 3 is 2.64 bits per heavy atom. The van der Waals surface area contributed by atoms with Crippen molar-refractivity contribution in [1.29, 1.82) is 0 Å². The Hall–Kier alpha value is -2.73. The molecule has 1 spiro atoms. The van der Waals surface area contributed by atoms with Crippen molar-refractivity contribution < 1.29 is 33.8 Å². The highest BCUT2D eigenvalue weighted by Gasteiger charge is 2.77. The fraction of sp³-hybridized carbons (Fsp3) is 0.562. The minimum absolute atomic E-state index is 0.0312. The van der Waals surface area contributed by atoms with Crippen molar-refractivity contribution >= 4 is 56.9 Å². The Bertz CT molecular complexity index is 1250. The Morgan fingerprint density at radius 1 is 1.25 bits per heavy atom. The number of aliphatic hydroxyl groups excluding tert-OH is 1. The van der Waals surface area contributed by atoms with Gasteiger partial charge in [0.2, 0.25) is 11.8 Å². The van der Waals surface area contributed by atoms with Crippen LogP contribution in [0.25, 0.3) is 0 Å². The van der Waals surface area contributed by atoms with Crippen molar-refractivity contribution in [3.63, 3.8) is 0 Å². The molecule has 2 N–H and O–H groups in total. The first kappa shape index (κ1) is 34.1. The number of nitrogens with one attached hydrogen (secondary N) is 1. The molecular weight excluding hydrogens is 654 g/mol. The summed E-state index contributed by atoms with van der Waals surface area (Å²) in [6, 6.07) is 5.86. The molecule has 240 valence electrons. The lowest BCUT2D eigenvalue weighted by atomic mass is 9.70. The maximum absolute atomic E-state index is 14.5. The van der Waals surface area contributed by atoms with Gasteiger partial charge < -0.3 is 29.7 Å². The Balaban J connectivity index is 1.62. The summed E-state index contributed by atoms with van der Waals surface area (Å²) >= 11 is 9.79. The fourth-order valence-corrected chi connectivity index (χ4v) is 7.68. The Morgan fingerprint density at radius 2 is 1.98 bits per heavy atom. The van der Waals surface area contributed by atoms with E-state index in [4.69, 9.17) is 21.1 Å². The maximum atomic E-state index is 14.5. The zero-order valence-electron chi connectivity index (χ0n) is 25.0. The zero-order valence-corrected chi connectivity index (χ0v) is 27.3. The van der Waals surface area contributed by atoms with Gasteiger partial charge in [0.25, 0.3) is 5.91 Å². The number of aliphatic hydroxyl groups is 1. The van der Waals surface area contributed by atoms with Crippen LogP contribution in [0.4, 0.5) is 5.69 Å². The van der Waals surface area contributed by atoms with E-state index >= 15 is 0 Å². The summed E-state index contributed by atoms with van der Waals surface area (Å²) in [5, 5.41) is 12.6. The van der Waals surface area contributed by atoms with Crippen molar-refractivity contribution in [3.05, 3.63) is 54.6 Å². The number of fused-ring (bicyclic) bond motifs is 1. The van der Waals surface area contributed by atoms with Gasteiger partial charge in [0.1, 0.15) is 17.7 Å². The molecule has 3 heterocycles. The molecule has 7 atom stereocenters. The second kappa shape index (κ2) is 15.0.